The summed E-state index contributed by atoms with van der Waals surface area (Å²) < 4.78 is 5.73. The largest absolute Gasteiger partial charge is 0.378 e. The molecule has 0 radical (unpaired) electrons. The summed E-state index contributed by atoms with van der Waals surface area (Å²) in [5.74, 6) is 0.247. The summed E-state index contributed by atoms with van der Waals surface area (Å²) in [5, 5.41) is 3.43. The smallest absolute Gasteiger partial charge is 0.219 e. The molecule has 1 rings (SSSR count). The fourth-order valence-electron chi connectivity index (χ4n) is 2.47. The van der Waals surface area contributed by atoms with Gasteiger partial charge in [0.25, 0.3) is 0 Å². The molecule has 1 amide bonds. The molecule has 3 N–H and O–H groups in total. The molecule has 16 heavy (non-hydrogen) atoms. The molecule has 0 spiro atoms. The van der Waals surface area contributed by atoms with E-state index < -0.39 is 0 Å². The monoisotopic (exact) mass is 228 g/mol. The molecule has 1 saturated heterocycles. The van der Waals surface area contributed by atoms with E-state index in [-0.39, 0.29) is 17.6 Å². The zero-order valence-electron chi connectivity index (χ0n) is 10.6. The van der Waals surface area contributed by atoms with Crippen molar-refractivity contribution in [3.63, 3.8) is 0 Å². The van der Waals surface area contributed by atoms with Gasteiger partial charge in [-0.1, -0.05) is 20.8 Å². The Morgan fingerprint density at radius 2 is 2.31 bits per heavy atom. The highest BCUT2D eigenvalue weighted by atomic mass is 16.5. The lowest BCUT2D eigenvalue weighted by atomic mass is 9.80. The average Bonchev–Trinajstić information content (AvgIpc) is 2.16. The highest BCUT2D eigenvalue weighted by Crippen LogP contribution is 2.31. The van der Waals surface area contributed by atoms with E-state index in [1.807, 2.05) is 0 Å². The van der Waals surface area contributed by atoms with E-state index in [1.165, 1.54) is 0 Å². The normalized spacial score (nSPS) is 30.6. The maximum absolute atomic E-state index is 11.2. The minimum absolute atomic E-state index is 0.145. The molecule has 0 aromatic rings. The summed E-state index contributed by atoms with van der Waals surface area (Å²) in [7, 11) is 0. The van der Waals surface area contributed by atoms with Gasteiger partial charge in [0.15, 0.2) is 0 Å². The van der Waals surface area contributed by atoms with Crippen LogP contribution in [0.5, 0.6) is 0 Å². The van der Waals surface area contributed by atoms with Gasteiger partial charge < -0.3 is 15.8 Å². The van der Waals surface area contributed by atoms with Crippen molar-refractivity contribution in [1.29, 1.82) is 0 Å². The lowest BCUT2D eigenvalue weighted by Gasteiger charge is -2.42. The van der Waals surface area contributed by atoms with Crippen LogP contribution in [0, 0.1) is 5.92 Å². The quantitative estimate of drug-likeness (QED) is 0.739. The molecule has 1 fully saturated rings. The Morgan fingerprint density at radius 3 is 2.81 bits per heavy atom. The van der Waals surface area contributed by atoms with Gasteiger partial charge >= 0.3 is 0 Å². The number of carbonyl (C=O) groups excluding carboxylic acids is 1. The standard InChI is InChI=1S/C12H24N2O2/c1-4-14-12(8-11(13)15)5-6-16-10(7-12)9(2)3/h9-10,14H,4-8H2,1-3H3,(H2,13,15). The van der Waals surface area contributed by atoms with E-state index in [0.29, 0.717) is 18.9 Å². The summed E-state index contributed by atoms with van der Waals surface area (Å²) in [4.78, 5) is 11.2. The van der Waals surface area contributed by atoms with Crippen molar-refractivity contribution in [2.45, 2.75) is 51.7 Å². The summed E-state index contributed by atoms with van der Waals surface area (Å²) >= 11 is 0. The van der Waals surface area contributed by atoms with Gasteiger partial charge in [-0.05, 0) is 25.3 Å². The first-order chi connectivity index (χ1) is 7.49. The van der Waals surface area contributed by atoms with Gasteiger partial charge in [-0.3, -0.25) is 4.79 Å². The summed E-state index contributed by atoms with van der Waals surface area (Å²) in [6.45, 7) is 7.93. The van der Waals surface area contributed by atoms with Crippen molar-refractivity contribution < 1.29 is 9.53 Å². The number of carbonyl (C=O) groups is 1. The number of hydrogen-bond acceptors (Lipinski definition) is 3. The van der Waals surface area contributed by atoms with Gasteiger partial charge in [-0.15, -0.1) is 0 Å². The molecule has 2 unspecified atom stereocenters. The molecular formula is C12H24N2O2. The van der Waals surface area contributed by atoms with Crippen LogP contribution in [0.1, 0.15) is 40.0 Å². The van der Waals surface area contributed by atoms with Gasteiger partial charge in [-0.2, -0.15) is 0 Å². The number of rotatable bonds is 5. The number of nitrogens with one attached hydrogen (secondary N) is 1. The summed E-state index contributed by atoms with van der Waals surface area (Å²) in [5.41, 5.74) is 5.20. The van der Waals surface area contributed by atoms with Crippen LogP contribution < -0.4 is 11.1 Å². The summed E-state index contributed by atoms with van der Waals surface area (Å²) in [6, 6.07) is 0. The van der Waals surface area contributed by atoms with Crippen LogP contribution >= 0.6 is 0 Å². The van der Waals surface area contributed by atoms with Crippen molar-refractivity contribution in [3.05, 3.63) is 0 Å². The number of hydrogen-bond donors (Lipinski definition) is 2. The van der Waals surface area contributed by atoms with Crippen molar-refractivity contribution in [3.8, 4) is 0 Å². The van der Waals surface area contributed by atoms with E-state index in [4.69, 9.17) is 10.5 Å². The van der Waals surface area contributed by atoms with Gasteiger partial charge in [-0.25, -0.2) is 0 Å². The van der Waals surface area contributed by atoms with Crippen molar-refractivity contribution in [2.24, 2.45) is 11.7 Å². The minimum atomic E-state index is -0.231. The topological polar surface area (TPSA) is 64.3 Å². The Morgan fingerprint density at radius 1 is 1.62 bits per heavy atom. The fraction of sp³-hybridized carbons (Fsp3) is 0.917. The maximum Gasteiger partial charge on any atom is 0.219 e. The number of amides is 1. The van der Waals surface area contributed by atoms with Crippen molar-refractivity contribution >= 4 is 5.91 Å². The van der Waals surface area contributed by atoms with Gasteiger partial charge in [0.1, 0.15) is 0 Å². The third-order valence-corrected chi connectivity index (χ3v) is 3.31. The van der Waals surface area contributed by atoms with E-state index in [0.717, 1.165) is 19.4 Å². The molecule has 4 heteroatoms. The van der Waals surface area contributed by atoms with E-state index in [1.54, 1.807) is 0 Å². The molecule has 1 aliphatic rings. The molecule has 0 bridgehead atoms. The van der Waals surface area contributed by atoms with Crippen LogP contribution in [0.15, 0.2) is 0 Å². The third-order valence-electron chi connectivity index (χ3n) is 3.31. The highest BCUT2D eigenvalue weighted by molar-refractivity contribution is 5.75. The molecule has 4 nitrogen and oxygen atoms in total. The first-order valence-corrected chi connectivity index (χ1v) is 6.14. The van der Waals surface area contributed by atoms with E-state index >= 15 is 0 Å². The molecule has 0 saturated carbocycles. The van der Waals surface area contributed by atoms with Crippen molar-refractivity contribution in [2.75, 3.05) is 13.2 Å². The first kappa shape index (κ1) is 13.5. The van der Waals surface area contributed by atoms with Crippen LogP contribution in [0.25, 0.3) is 0 Å². The van der Waals surface area contributed by atoms with E-state index in [9.17, 15) is 4.79 Å². The predicted molar refractivity (Wildman–Crippen MR) is 64.0 cm³/mol. The van der Waals surface area contributed by atoms with Crippen LogP contribution in [0.3, 0.4) is 0 Å². The van der Waals surface area contributed by atoms with Crippen molar-refractivity contribution in [1.82, 2.24) is 5.32 Å². The first-order valence-electron chi connectivity index (χ1n) is 6.14. The van der Waals surface area contributed by atoms with Crippen LogP contribution in [0.4, 0.5) is 0 Å². The highest BCUT2D eigenvalue weighted by Gasteiger charge is 2.38. The molecule has 0 aliphatic carbocycles. The Balaban J connectivity index is 2.71. The van der Waals surface area contributed by atoms with Crippen LogP contribution in [-0.4, -0.2) is 30.7 Å². The lowest BCUT2D eigenvalue weighted by Crippen LogP contribution is -2.54. The third kappa shape index (κ3) is 3.46. The van der Waals surface area contributed by atoms with E-state index in [2.05, 4.69) is 26.1 Å². The Hall–Kier alpha value is -0.610. The predicted octanol–water partition coefficient (Wildman–Crippen LogP) is 1.05. The second-order valence-corrected chi connectivity index (χ2v) is 5.06. The number of ether oxygens (including phenoxy) is 1. The van der Waals surface area contributed by atoms with Gasteiger partial charge in [0, 0.05) is 18.6 Å². The van der Waals surface area contributed by atoms with Crippen LogP contribution in [-0.2, 0) is 9.53 Å². The molecule has 1 heterocycles. The second kappa shape index (κ2) is 5.64. The molecule has 0 aromatic heterocycles. The molecule has 2 atom stereocenters. The summed E-state index contributed by atoms with van der Waals surface area (Å²) in [6.07, 6.45) is 2.38. The Bertz CT molecular complexity index is 239. The molecule has 0 aromatic carbocycles. The van der Waals surface area contributed by atoms with Gasteiger partial charge in [0.05, 0.1) is 6.10 Å². The molecular weight excluding hydrogens is 204 g/mol. The Labute approximate surface area is 97.9 Å². The number of primary amides is 1. The van der Waals surface area contributed by atoms with Crippen LogP contribution in [0.2, 0.25) is 0 Å². The maximum atomic E-state index is 11.2. The lowest BCUT2D eigenvalue weighted by molar-refractivity contribution is -0.122. The molecule has 94 valence electrons. The minimum Gasteiger partial charge on any atom is -0.378 e. The average molecular weight is 228 g/mol. The SMILES string of the molecule is CCNC1(CC(N)=O)CCOC(C(C)C)C1. The Kier molecular flexibility index (Phi) is 4.74. The fourth-order valence-corrected chi connectivity index (χ4v) is 2.47. The van der Waals surface area contributed by atoms with Gasteiger partial charge in [0.2, 0.25) is 5.91 Å². The molecule has 1 aliphatic heterocycles. The zero-order chi connectivity index (χ0) is 12.2. The number of nitrogens with two attached hydrogens (primary N) is 1. The second-order valence-electron chi connectivity index (χ2n) is 5.06. The zero-order valence-corrected chi connectivity index (χ0v) is 10.6.